The van der Waals surface area contributed by atoms with Gasteiger partial charge in [0.25, 0.3) is 5.91 Å². The molecule has 0 aromatic heterocycles. The van der Waals surface area contributed by atoms with Gasteiger partial charge < -0.3 is 10.6 Å². The maximum atomic E-state index is 11.9. The first-order valence-corrected chi connectivity index (χ1v) is 6.32. The smallest absolute Gasteiger partial charge is 0.251 e. The molecule has 84 valence electrons. The Balaban J connectivity index is 1.63. The van der Waals surface area contributed by atoms with Crippen molar-refractivity contribution in [1.82, 2.24) is 10.6 Å². The highest BCUT2D eigenvalue weighted by Crippen LogP contribution is 2.41. The first kappa shape index (κ1) is 10.3. The molecule has 16 heavy (non-hydrogen) atoms. The van der Waals surface area contributed by atoms with Gasteiger partial charge in [0.2, 0.25) is 0 Å². The number of rotatable bonds is 2. The number of piperidine rings is 1. The predicted molar refractivity (Wildman–Crippen MR) is 65.2 cm³/mol. The highest BCUT2D eigenvalue weighted by molar-refractivity contribution is 9.10. The minimum Gasteiger partial charge on any atom is -0.349 e. The van der Waals surface area contributed by atoms with E-state index in [1.165, 1.54) is 0 Å². The van der Waals surface area contributed by atoms with Crippen LogP contribution in [-0.2, 0) is 0 Å². The van der Waals surface area contributed by atoms with Crippen LogP contribution in [0.5, 0.6) is 0 Å². The van der Waals surface area contributed by atoms with Gasteiger partial charge in [-0.2, -0.15) is 0 Å². The normalized spacial score (nSPS) is 30.9. The first-order valence-electron chi connectivity index (χ1n) is 5.53. The van der Waals surface area contributed by atoms with Crippen molar-refractivity contribution in [1.29, 1.82) is 0 Å². The van der Waals surface area contributed by atoms with E-state index in [2.05, 4.69) is 26.6 Å². The van der Waals surface area contributed by atoms with E-state index in [-0.39, 0.29) is 5.91 Å². The Bertz CT molecular complexity index is 408. The molecule has 2 aliphatic rings. The van der Waals surface area contributed by atoms with E-state index < -0.39 is 0 Å². The van der Waals surface area contributed by atoms with Crippen molar-refractivity contribution in [2.45, 2.75) is 6.04 Å². The van der Waals surface area contributed by atoms with Gasteiger partial charge in [0.1, 0.15) is 0 Å². The lowest BCUT2D eigenvalue weighted by Gasteiger charge is -2.07. The van der Waals surface area contributed by atoms with Crippen LogP contribution in [0, 0.1) is 11.8 Å². The van der Waals surface area contributed by atoms with Gasteiger partial charge in [-0.3, -0.25) is 4.79 Å². The standard InChI is InChI=1S/C12H13BrN2O/c13-8-3-1-7(2-4-8)12(16)15-11-9-5-14-6-10(9)11/h1-4,9-11,14H,5-6H2,(H,15,16). The fraction of sp³-hybridized carbons (Fsp3) is 0.417. The largest absolute Gasteiger partial charge is 0.349 e. The van der Waals surface area contributed by atoms with Crippen LogP contribution in [0.15, 0.2) is 28.7 Å². The summed E-state index contributed by atoms with van der Waals surface area (Å²) in [5, 5.41) is 6.41. The average molecular weight is 281 g/mol. The number of nitrogens with one attached hydrogen (secondary N) is 2. The fourth-order valence-electron chi connectivity index (χ4n) is 2.47. The van der Waals surface area contributed by atoms with Crippen molar-refractivity contribution in [2.24, 2.45) is 11.8 Å². The van der Waals surface area contributed by atoms with Gasteiger partial charge >= 0.3 is 0 Å². The van der Waals surface area contributed by atoms with E-state index in [1.807, 2.05) is 24.3 Å². The number of halogens is 1. The third kappa shape index (κ3) is 1.76. The zero-order valence-corrected chi connectivity index (χ0v) is 10.3. The summed E-state index contributed by atoms with van der Waals surface area (Å²) in [7, 11) is 0. The van der Waals surface area contributed by atoms with E-state index in [9.17, 15) is 4.79 Å². The molecule has 3 rings (SSSR count). The highest BCUT2D eigenvalue weighted by atomic mass is 79.9. The van der Waals surface area contributed by atoms with Crippen LogP contribution in [-0.4, -0.2) is 25.0 Å². The summed E-state index contributed by atoms with van der Waals surface area (Å²) in [6.45, 7) is 2.10. The number of hydrogen-bond donors (Lipinski definition) is 2. The Morgan fingerprint density at radius 3 is 2.50 bits per heavy atom. The number of hydrogen-bond acceptors (Lipinski definition) is 2. The van der Waals surface area contributed by atoms with Crippen molar-refractivity contribution in [3.8, 4) is 0 Å². The summed E-state index contributed by atoms with van der Waals surface area (Å²) in [5.74, 6) is 1.38. The van der Waals surface area contributed by atoms with E-state index in [0.717, 1.165) is 23.1 Å². The number of amides is 1. The van der Waals surface area contributed by atoms with Gasteiger partial charge in [-0.1, -0.05) is 15.9 Å². The Hall–Kier alpha value is -0.870. The lowest BCUT2D eigenvalue weighted by atomic mass is 10.2. The third-order valence-electron chi connectivity index (χ3n) is 3.50. The second kappa shape index (κ2) is 3.86. The maximum absolute atomic E-state index is 11.9. The van der Waals surface area contributed by atoms with Crippen LogP contribution in [0.25, 0.3) is 0 Å². The Kier molecular flexibility index (Phi) is 2.48. The molecule has 1 heterocycles. The lowest BCUT2D eigenvalue weighted by molar-refractivity contribution is 0.0946. The molecule has 1 amide bonds. The van der Waals surface area contributed by atoms with Crippen molar-refractivity contribution in [3.63, 3.8) is 0 Å². The molecule has 3 nitrogen and oxygen atoms in total. The van der Waals surface area contributed by atoms with Crippen LogP contribution < -0.4 is 10.6 Å². The molecule has 0 spiro atoms. The van der Waals surface area contributed by atoms with E-state index in [1.54, 1.807) is 0 Å². The van der Waals surface area contributed by atoms with Gasteiger partial charge in [0, 0.05) is 29.2 Å². The SMILES string of the molecule is O=C(NC1C2CNCC21)c1ccc(Br)cc1. The van der Waals surface area contributed by atoms with Crippen molar-refractivity contribution >= 4 is 21.8 Å². The number of carbonyl (C=O) groups is 1. The fourth-order valence-corrected chi connectivity index (χ4v) is 2.73. The zero-order chi connectivity index (χ0) is 11.1. The van der Waals surface area contributed by atoms with Gasteiger partial charge in [0.15, 0.2) is 0 Å². The second-order valence-electron chi connectivity index (χ2n) is 4.49. The molecule has 1 aromatic rings. The van der Waals surface area contributed by atoms with Gasteiger partial charge in [-0.25, -0.2) is 0 Å². The summed E-state index contributed by atoms with van der Waals surface area (Å²) in [4.78, 5) is 11.9. The highest BCUT2D eigenvalue weighted by Gasteiger charge is 2.53. The van der Waals surface area contributed by atoms with E-state index in [0.29, 0.717) is 17.9 Å². The molecular weight excluding hydrogens is 268 g/mol. The molecule has 1 aromatic carbocycles. The van der Waals surface area contributed by atoms with Crippen LogP contribution in [0.4, 0.5) is 0 Å². The Morgan fingerprint density at radius 1 is 1.25 bits per heavy atom. The van der Waals surface area contributed by atoms with Crippen molar-refractivity contribution < 1.29 is 4.79 Å². The molecule has 2 fully saturated rings. The molecule has 4 heteroatoms. The summed E-state index contributed by atoms with van der Waals surface area (Å²) < 4.78 is 0.997. The van der Waals surface area contributed by atoms with Crippen LogP contribution >= 0.6 is 15.9 Å². The molecule has 1 saturated heterocycles. The van der Waals surface area contributed by atoms with Gasteiger partial charge in [0.05, 0.1) is 0 Å². The van der Waals surface area contributed by atoms with Crippen LogP contribution in [0.1, 0.15) is 10.4 Å². The third-order valence-corrected chi connectivity index (χ3v) is 4.02. The van der Waals surface area contributed by atoms with Crippen LogP contribution in [0.3, 0.4) is 0 Å². The monoisotopic (exact) mass is 280 g/mol. The molecule has 2 atom stereocenters. The summed E-state index contributed by atoms with van der Waals surface area (Å²) in [6, 6.07) is 7.87. The van der Waals surface area contributed by atoms with Gasteiger partial charge in [-0.05, 0) is 36.1 Å². The Labute approximate surface area is 103 Å². The molecule has 0 bridgehead atoms. The summed E-state index contributed by atoms with van der Waals surface area (Å²) in [5.41, 5.74) is 0.737. The molecular formula is C12H13BrN2O. The zero-order valence-electron chi connectivity index (χ0n) is 8.74. The topological polar surface area (TPSA) is 41.1 Å². The molecule has 0 radical (unpaired) electrons. The van der Waals surface area contributed by atoms with Crippen molar-refractivity contribution in [3.05, 3.63) is 34.3 Å². The Morgan fingerprint density at radius 2 is 1.88 bits per heavy atom. The minimum atomic E-state index is 0.0481. The molecule has 1 aliphatic carbocycles. The predicted octanol–water partition coefficient (Wildman–Crippen LogP) is 1.40. The number of benzene rings is 1. The van der Waals surface area contributed by atoms with Crippen molar-refractivity contribution in [2.75, 3.05) is 13.1 Å². The number of fused-ring (bicyclic) bond motifs is 1. The second-order valence-corrected chi connectivity index (χ2v) is 5.41. The number of carbonyl (C=O) groups excluding carboxylic acids is 1. The molecule has 2 N–H and O–H groups in total. The summed E-state index contributed by atoms with van der Waals surface area (Å²) in [6.07, 6.45) is 0. The summed E-state index contributed by atoms with van der Waals surface area (Å²) >= 11 is 3.36. The van der Waals surface area contributed by atoms with Crippen LogP contribution in [0.2, 0.25) is 0 Å². The van der Waals surface area contributed by atoms with E-state index in [4.69, 9.17) is 0 Å². The van der Waals surface area contributed by atoms with E-state index >= 15 is 0 Å². The molecule has 2 unspecified atom stereocenters. The maximum Gasteiger partial charge on any atom is 0.251 e. The average Bonchev–Trinajstić information content (AvgIpc) is 2.75. The molecule has 1 saturated carbocycles. The quantitative estimate of drug-likeness (QED) is 0.860. The van der Waals surface area contributed by atoms with Gasteiger partial charge in [-0.15, -0.1) is 0 Å². The molecule has 1 aliphatic heterocycles. The minimum absolute atomic E-state index is 0.0481. The lowest BCUT2D eigenvalue weighted by Crippen LogP contribution is -2.32. The first-order chi connectivity index (χ1) is 7.75.